The van der Waals surface area contributed by atoms with Gasteiger partial charge in [-0.15, -0.1) is 0 Å². The fourth-order valence-corrected chi connectivity index (χ4v) is 1.28. The van der Waals surface area contributed by atoms with Gasteiger partial charge in [0, 0.05) is 13.2 Å². The van der Waals surface area contributed by atoms with Crippen molar-refractivity contribution in [1.29, 1.82) is 10.5 Å². The molecule has 0 atom stereocenters. The third-order valence-electron chi connectivity index (χ3n) is 2.08. The normalized spacial score (nSPS) is 9.41. The van der Waals surface area contributed by atoms with Gasteiger partial charge in [-0.1, -0.05) is 0 Å². The van der Waals surface area contributed by atoms with E-state index in [9.17, 15) is 5.02 Å². The largest absolute Gasteiger partial charge is 0.491 e. The zero-order chi connectivity index (χ0) is 12.7. The molecule has 86 valence electrons. The van der Waals surface area contributed by atoms with Crippen molar-refractivity contribution >= 4 is 12.6 Å². The average molecular weight is 230 g/mol. The summed E-state index contributed by atoms with van der Waals surface area (Å²) in [6, 6.07) is 8.17. The minimum Gasteiger partial charge on any atom is -0.423 e. The van der Waals surface area contributed by atoms with Crippen LogP contribution >= 0.6 is 0 Å². The summed E-state index contributed by atoms with van der Waals surface area (Å²) in [6.07, 6.45) is 0.417. The van der Waals surface area contributed by atoms with Gasteiger partial charge in [0.25, 0.3) is 0 Å². The van der Waals surface area contributed by atoms with Crippen molar-refractivity contribution in [3.63, 3.8) is 0 Å². The third-order valence-corrected chi connectivity index (χ3v) is 2.08. The Kier molecular flexibility index (Phi) is 5.18. The Balaban J connectivity index is 2.83. The van der Waals surface area contributed by atoms with Crippen LogP contribution in [-0.2, 0) is 4.65 Å². The Morgan fingerprint density at radius 3 is 2.24 bits per heavy atom. The fraction of sp³-hybridized carbons (Fsp3) is 0.273. The second-order valence-corrected chi connectivity index (χ2v) is 3.37. The zero-order valence-electron chi connectivity index (χ0n) is 9.13. The minimum atomic E-state index is -1.19. The van der Waals surface area contributed by atoms with Crippen molar-refractivity contribution in [3.8, 4) is 12.1 Å². The van der Waals surface area contributed by atoms with Crippen molar-refractivity contribution in [3.05, 3.63) is 29.3 Å². The number of rotatable bonds is 5. The Labute approximate surface area is 99.6 Å². The van der Waals surface area contributed by atoms with Crippen LogP contribution in [0.2, 0.25) is 0 Å². The number of hydrogen-bond donors (Lipinski definition) is 2. The highest BCUT2D eigenvalue weighted by Crippen LogP contribution is 2.02. The van der Waals surface area contributed by atoms with Gasteiger partial charge in [-0.2, -0.15) is 10.5 Å². The van der Waals surface area contributed by atoms with Crippen molar-refractivity contribution in [1.82, 2.24) is 0 Å². The lowest BCUT2D eigenvalue weighted by molar-refractivity contribution is 0.216. The summed E-state index contributed by atoms with van der Waals surface area (Å²) < 4.78 is 5.04. The van der Waals surface area contributed by atoms with E-state index < -0.39 is 7.12 Å². The lowest BCUT2D eigenvalue weighted by Gasteiger charge is -2.08. The molecule has 6 heteroatoms. The molecule has 0 aliphatic heterocycles. The molecule has 17 heavy (non-hydrogen) atoms. The number of aliphatic hydroxyl groups excluding tert-OH is 1. The zero-order valence-corrected chi connectivity index (χ0v) is 9.13. The lowest BCUT2D eigenvalue weighted by atomic mass is 9.78. The van der Waals surface area contributed by atoms with Crippen LogP contribution in [0.5, 0.6) is 0 Å². The molecule has 2 N–H and O–H groups in total. The molecule has 1 aromatic rings. The van der Waals surface area contributed by atoms with E-state index in [0.717, 1.165) is 0 Å². The Hall–Kier alpha value is -1.86. The van der Waals surface area contributed by atoms with Crippen LogP contribution in [0.15, 0.2) is 18.2 Å². The maximum atomic E-state index is 9.66. The molecule has 0 heterocycles. The Morgan fingerprint density at radius 1 is 1.18 bits per heavy atom. The van der Waals surface area contributed by atoms with Crippen LogP contribution in [0.4, 0.5) is 0 Å². The predicted octanol–water partition coefficient (Wildman–Crippen LogP) is -0.484. The van der Waals surface area contributed by atoms with Crippen molar-refractivity contribution < 1.29 is 14.8 Å². The van der Waals surface area contributed by atoms with Crippen LogP contribution in [0, 0.1) is 22.7 Å². The quantitative estimate of drug-likeness (QED) is 0.525. The van der Waals surface area contributed by atoms with E-state index in [0.29, 0.717) is 23.0 Å². The van der Waals surface area contributed by atoms with E-state index in [1.807, 2.05) is 12.1 Å². The molecule has 0 saturated carbocycles. The van der Waals surface area contributed by atoms with Crippen LogP contribution < -0.4 is 5.46 Å². The van der Waals surface area contributed by atoms with Gasteiger partial charge in [0.1, 0.15) is 0 Å². The molecule has 1 rings (SSSR count). The molecule has 0 aromatic heterocycles. The molecule has 0 radical (unpaired) electrons. The van der Waals surface area contributed by atoms with Gasteiger partial charge in [0.05, 0.1) is 23.3 Å². The summed E-state index contributed by atoms with van der Waals surface area (Å²) in [5, 5.41) is 35.8. The van der Waals surface area contributed by atoms with Crippen molar-refractivity contribution in [2.45, 2.75) is 6.42 Å². The fourth-order valence-electron chi connectivity index (χ4n) is 1.28. The van der Waals surface area contributed by atoms with Crippen LogP contribution in [0.1, 0.15) is 17.5 Å². The van der Waals surface area contributed by atoms with E-state index >= 15 is 0 Å². The van der Waals surface area contributed by atoms with Gasteiger partial charge in [-0.05, 0) is 30.1 Å². The molecule has 1 aromatic carbocycles. The highest BCUT2D eigenvalue weighted by molar-refractivity contribution is 6.60. The van der Waals surface area contributed by atoms with E-state index in [-0.39, 0.29) is 13.2 Å². The molecular formula is C11H11BN2O3. The van der Waals surface area contributed by atoms with Gasteiger partial charge in [-0.3, -0.25) is 0 Å². The molecule has 0 aliphatic carbocycles. The number of nitriles is 2. The van der Waals surface area contributed by atoms with E-state index in [1.54, 1.807) is 0 Å². The second-order valence-electron chi connectivity index (χ2n) is 3.37. The summed E-state index contributed by atoms with van der Waals surface area (Å²) in [4.78, 5) is 0. The maximum Gasteiger partial charge on any atom is 0.491 e. The molecule has 0 amide bonds. The molecule has 0 spiro atoms. The molecule has 0 aliphatic rings. The summed E-state index contributed by atoms with van der Waals surface area (Å²) in [5.41, 5.74) is 0.950. The monoisotopic (exact) mass is 230 g/mol. The first-order valence-electron chi connectivity index (χ1n) is 5.07. The van der Waals surface area contributed by atoms with Gasteiger partial charge in [-0.25, -0.2) is 0 Å². The van der Waals surface area contributed by atoms with Crippen molar-refractivity contribution in [2.24, 2.45) is 0 Å². The smallest absolute Gasteiger partial charge is 0.423 e. The second kappa shape index (κ2) is 6.67. The third kappa shape index (κ3) is 3.89. The number of hydrogen-bond acceptors (Lipinski definition) is 5. The van der Waals surface area contributed by atoms with Crippen LogP contribution in [0.3, 0.4) is 0 Å². The van der Waals surface area contributed by atoms with E-state index in [2.05, 4.69) is 0 Å². The highest BCUT2D eigenvalue weighted by atomic mass is 16.5. The van der Waals surface area contributed by atoms with E-state index in [4.69, 9.17) is 20.3 Å². The first kappa shape index (κ1) is 13.2. The molecular weight excluding hydrogens is 219 g/mol. The topological polar surface area (TPSA) is 97.3 Å². The summed E-state index contributed by atoms with van der Waals surface area (Å²) >= 11 is 0. The highest BCUT2D eigenvalue weighted by Gasteiger charge is 2.17. The summed E-state index contributed by atoms with van der Waals surface area (Å²) in [6.45, 7) is 0.185. The van der Waals surface area contributed by atoms with E-state index in [1.165, 1.54) is 18.2 Å². The number of nitrogens with zero attached hydrogens (tertiary/aromatic N) is 2. The standard InChI is InChI=1S/C11H11BN2O3/c13-7-9-4-10(8-14)6-11(5-9)12(16)17-3-1-2-15/h4-6,15-16H,1-3H2. The SMILES string of the molecule is N#Cc1cc(C#N)cc(B(O)OCCCO)c1. The van der Waals surface area contributed by atoms with Gasteiger partial charge in [0.15, 0.2) is 0 Å². The molecule has 5 nitrogen and oxygen atoms in total. The van der Waals surface area contributed by atoms with Crippen LogP contribution in [-0.4, -0.2) is 30.5 Å². The van der Waals surface area contributed by atoms with Crippen molar-refractivity contribution in [2.75, 3.05) is 13.2 Å². The molecule has 0 unspecified atom stereocenters. The van der Waals surface area contributed by atoms with Crippen LogP contribution in [0.25, 0.3) is 0 Å². The minimum absolute atomic E-state index is 0.0194. The lowest BCUT2D eigenvalue weighted by Crippen LogP contribution is -2.34. The van der Waals surface area contributed by atoms with Gasteiger partial charge < -0.3 is 14.8 Å². The maximum absolute atomic E-state index is 9.66. The number of benzene rings is 1. The summed E-state index contributed by atoms with van der Waals surface area (Å²) in [7, 11) is -1.19. The molecule has 0 saturated heterocycles. The summed E-state index contributed by atoms with van der Waals surface area (Å²) in [5.74, 6) is 0. The Morgan fingerprint density at radius 2 is 1.76 bits per heavy atom. The molecule has 0 bridgehead atoms. The predicted molar refractivity (Wildman–Crippen MR) is 61.1 cm³/mol. The first-order chi connectivity index (χ1) is 8.21. The number of aliphatic hydroxyl groups is 1. The van der Waals surface area contributed by atoms with Gasteiger partial charge >= 0.3 is 7.12 Å². The molecule has 0 fully saturated rings. The first-order valence-corrected chi connectivity index (χ1v) is 5.07. The average Bonchev–Trinajstić information content (AvgIpc) is 2.38. The Bertz CT molecular complexity index is 433. The van der Waals surface area contributed by atoms with Gasteiger partial charge in [0.2, 0.25) is 0 Å².